The van der Waals surface area contributed by atoms with Crippen molar-refractivity contribution in [3.05, 3.63) is 18.2 Å². The highest BCUT2D eigenvalue weighted by Crippen LogP contribution is 2.33. The van der Waals surface area contributed by atoms with Gasteiger partial charge in [0.25, 0.3) is 0 Å². The maximum absolute atomic E-state index is 12.3. The smallest absolute Gasteiger partial charge is 0.240 e. The first-order chi connectivity index (χ1) is 10.3. The van der Waals surface area contributed by atoms with Crippen LogP contribution >= 0.6 is 0 Å². The summed E-state index contributed by atoms with van der Waals surface area (Å²) in [7, 11) is -2.09. The molecule has 0 spiro atoms. The van der Waals surface area contributed by atoms with Gasteiger partial charge in [-0.3, -0.25) is 4.79 Å². The van der Waals surface area contributed by atoms with Gasteiger partial charge < -0.3 is 9.64 Å². The fourth-order valence-corrected chi connectivity index (χ4v) is 3.54. The van der Waals surface area contributed by atoms with E-state index in [9.17, 15) is 13.2 Å². The van der Waals surface area contributed by atoms with Crippen LogP contribution in [-0.2, 0) is 14.8 Å². The predicted molar refractivity (Wildman–Crippen MR) is 84.6 cm³/mol. The molecule has 1 amide bonds. The normalized spacial score (nSPS) is 15.6. The maximum atomic E-state index is 12.3. The van der Waals surface area contributed by atoms with Crippen molar-refractivity contribution in [3.8, 4) is 5.75 Å². The molecule has 0 aliphatic carbocycles. The molecule has 0 atom stereocenters. The summed E-state index contributed by atoms with van der Waals surface area (Å²) < 4.78 is 32.5. The standard InChI is InChI=1S/C15H22N2O4S/c1-11(2)10-16-22(19,20)12-6-7-14(21-3)13(9-12)17-8-4-5-15(17)18/h6-7,9,11,16H,4-5,8,10H2,1-3H3. The van der Waals surface area contributed by atoms with Crippen LogP contribution in [0, 0.1) is 5.92 Å². The number of nitrogens with zero attached hydrogens (tertiary/aromatic N) is 1. The van der Waals surface area contributed by atoms with Gasteiger partial charge in [-0.2, -0.15) is 0 Å². The number of amides is 1. The molecular weight excluding hydrogens is 304 g/mol. The van der Waals surface area contributed by atoms with E-state index < -0.39 is 10.0 Å². The van der Waals surface area contributed by atoms with Crippen LogP contribution in [0.15, 0.2) is 23.1 Å². The van der Waals surface area contributed by atoms with Crippen molar-refractivity contribution in [1.82, 2.24) is 4.72 Å². The SMILES string of the molecule is COc1ccc(S(=O)(=O)NCC(C)C)cc1N1CCCC1=O. The molecule has 0 saturated carbocycles. The lowest BCUT2D eigenvalue weighted by Crippen LogP contribution is -2.28. The summed E-state index contributed by atoms with van der Waals surface area (Å²) in [6.07, 6.45) is 1.25. The zero-order valence-corrected chi connectivity index (χ0v) is 13.9. The summed E-state index contributed by atoms with van der Waals surface area (Å²) in [6.45, 7) is 4.82. The third-order valence-electron chi connectivity index (χ3n) is 3.51. The van der Waals surface area contributed by atoms with E-state index in [1.807, 2.05) is 13.8 Å². The summed E-state index contributed by atoms with van der Waals surface area (Å²) >= 11 is 0. The second-order valence-corrected chi connectivity index (χ2v) is 7.50. The number of rotatable bonds is 6. The highest BCUT2D eigenvalue weighted by Gasteiger charge is 2.26. The zero-order chi connectivity index (χ0) is 16.3. The van der Waals surface area contributed by atoms with Crippen LogP contribution in [0.2, 0.25) is 0 Å². The molecule has 22 heavy (non-hydrogen) atoms. The van der Waals surface area contributed by atoms with Crippen molar-refractivity contribution >= 4 is 21.6 Å². The minimum Gasteiger partial charge on any atom is -0.495 e. The van der Waals surface area contributed by atoms with Crippen LogP contribution in [0.3, 0.4) is 0 Å². The molecule has 1 aromatic rings. The van der Waals surface area contributed by atoms with E-state index in [0.717, 1.165) is 6.42 Å². The molecule has 7 heteroatoms. The Kier molecular flexibility index (Phi) is 5.08. The highest BCUT2D eigenvalue weighted by atomic mass is 32.2. The number of sulfonamides is 1. The summed E-state index contributed by atoms with van der Waals surface area (Å²) in [4.78, 5) is 13.7. The fraction of sp³-hybridized carbons (Fsp3) is 0.533. The van der Waals surface area contributed by atoms with E-state index in [1.54, 1.807) is 11.0 Å². The lowest BCUT2D eigenvalue weighted by Gasteiger charge is -2.20. The van der Waals surface area contributed by atoms with Gasteiger partial charge in [-0.15, -0.1) is 0 Å². The van der Waals surface area contributed by atoms with Crippen LogP contribution < -0.4 is 14.4 Å². The third kappa shape index (κ3) is 3.59. The molecule has 1 aromatic carbocycles. The lowest BCUT2D eigenvalue weighted by molar-refractivity contribution is -0.117. The fourth-order valence-electron chi connectivity index (χ4n) is 2.31. The number of anilines is 1. The quantitative estimate of drug-likeness (QED) is 0.864. The Morgan fingerprint density at radius 1 is 1.36 bits per heavy atom. The molecular formula is C15H22N2O4S. The number of carbonyl (C=O) groups is 1. The van der Waals surface area contributed by atoms with E-state index in [2.05, 4.69) is 4.72 Å². The Balaban J connectivity index is 2.36. The molecule has 122 valence electrons. The van der Waals surface area contributed by atoms with Gasteiger partial charge >= 0.3 is 0 Å². The van der Waals surface area contributed by atoms with Gasteiger partial charge in [0.05, 0.1) is 17.7 Å². The number of hydrogen-bond acceptors (Lipinski definition) is 4. The summed E-state index contributed by atoms with van der Waals surface area (Å²) in [5.41, 5.74) is 0.512. The zero-order valence-electron chi connectivity index (χ0n) is 13.1. The van der Waals surface area contributed by atoms with E-state index in [-0.39, 0.29) is 16.7 Å². The number of methoxy groups -OCH3 is 1. The molecule has 1 heterocycles. The van der Waals surface area contributed by atoms with Crippen LogP contribution in [0.1, 0.15) is 26.7 Å². The van der Waals surface area contributed by atoms with Crippen LogP contribution in [0.4, 0.5) is 5.69 Å². The molecule has 1 fully saturated rings. The van der Waals surface area contributed by atoms with E-state index >= 15 is 0 Å². The Hall–Kier alpha value is -1.60. The van der Waals surface area contributed by atoms with E-state index in [0.29, 0.717) is 30.9 Å². The minimum absolute atomic E-state index is 0.0111. The van der Waals surface area contributed by atoms with Gasteiger partial charge in [0.15, 0.2) is 0 Å². The monoisotopic (exact) mass is 326 g/mol. The second-order valence-electron chi connectivity index (χ2n) is 5.73. The number of ether oxygens (including phenoxy) is 1. The summed E-state index contributed by atoms with van der Waals surface area (Å²) in [5.74, 6) is 0.703. The maximum Gasteiger partial charge on any atom is 0.240 e. The highest BCUT2D eigenvalue weighted by molar-refractivity contribution is 7.89. The van der Waals surface area contributed by atoms with Crippen LogP contribution in [-0.4, -0.2) is 34.5 Å². The molecule has 1 saturated heterocycles. The Bertz CT molecular complexity index is 656. The molecule has 2 rings (SSSR count). The molecule has 0 aromatic heterocycles. The molecule has 6 nitrogen and oxygen atoms in total. The second kappa shape index (κ2) is 6.66. The number of hydrogen-bond donors (Lipinski definition) is 1. The van der Waals surface area contributed by atoms with Crippen molar-refractivity contribution in [3.63, 3.8) is 0 Å². The Morgan fingerprint density at radius 2 is 2.09 bits per heavy atom. The molecule has 0 unspecified atom stereocenters. The Labute approximate surface area is 131 Å². The molecule has 0 bridgehead atoms. The molecule has 0 radical (unpaired) electrons. The molecule has 1 N–H and O–H groups in total. The van der Waals surface area contributed by atoms with Gasteiger partial charge in [0.1, 0.15) is 5.75 Å². The predicted octanol–water partition coefficient (Wildman–Crippen LogP) is 1.76. The first-order valence-corrected chi connectivity index (χ1v) is 8.81. The van der Waals surface area contributed by atoms with Gasteiger partial charge in [0, 0.05) is 19.5 Å². The molecule has 1 aliphatic heterocycles. The average Bonchev–Trinajstić information content (AvgIpc) is 2.90. The van der Waals surface area contributed by atoms with Gasteiger partial charge in [-0.25, -0.2) is 13.1 Å². The van der Waals surface area contributed by atoms with Crippen molar-refractivity contribution in [2.24, 2.45) is 5.92 Å². The van der Waals surface area contributed by atoms with Crippen molar-refractivity contribution < 1.29 is 17.9 Å². The van der Waals surface area contributed by atoms with E-state index in [1.165, 1.54) is 19.2 Å². The average molecular weight is 326 g/mol. The largest absolute Gasteiger partial charge is 0.495 e. The van der Waals surface area contributed by atoms with Crippen LogP contribution in [0.5, 0.6) is 5.75 Å². The van der Waals surface area contributed by atoms with Gasteiger partial charge in [-0.1, -0.05) is 13.8 Å². The molecule has 1 aliphatic rings. The number of nitrogens with one attached hydrogen (secondary N) is 1. The topological polar surface area (TPSA) is 75.7 Å². The van der Waals surface area contributed by atoms with Crippen molar-refractivity contribution in [2.75, 3.05) is 25.1 Å². The third-order valence-corrected chi connectivity index (χ3v) is 4.93. The van der Waals surface area contributed by atoms with E-state index in [4.69, 9.17) is 4.74 Å². The van der Waals surface area contributed by atoms with Crippen molar-refractivity contribution in [2.45, 2.75) is 31.6 Å². The number of carbonyl (C=O) groups excluding carboxylic acids is 1. The lowest BCUT2D eigenvalue weighted by atomic mass is 10.2. The first kappa shape index (κ1) is 16.8. The summed E-state index contributed by atoms with van der Waals surface area (Å²) in [6, 6.07) is 4.58. The first-order valence-electron chi connectivity index (χ1n) is 7.33. The van der Waals surface area contributed by atoms with Gasteiger partial charge in [0.2, 0.25) is 15.9 Å². The van der Waals surface area contributed by atoms with Crippen LogP contribution in [0.25, 0.3) is 0 Å². The Morgan fingerprint density at radius 3 is 2.64 bits per heavy atom. The van der Waals surface area contributed by atoms with Gasteiger partial charge in [-0.05, 0) is 30.5 Å². The summed E-state index contributed by atoms with van der Waals surface area (Å²) in [5, 5.41) is 0. The van der Waals surface area contributed by atoms with Crippen molar-refractivity contribution in [1.29, 1.82) is 0 Å². The number of benzene rings is 1. The minimum atomic E-state index is -3.59.